The Hall–Kier alpha value is -2.66. The van der Waals surface area contributed by atoms with Crippen LogP contribution in [0.2, 0.25) is 0 Å². The molecule has 1 amide bonds. The lowest BCUT2D eigenvalue weighted by molar-refractivity contribution is -0.129. The summed E-state index contributed by atoms with van der Waals surface area (Å²) in [5, 5.41) is 1.19. The van der Waals surface area contributed by atoms with Crippen LogP contribution in [0.15, 0.2) is 48.5 Å². The standard InChI is InChI=1S/C16H13NO4/c18-9-13-6-7-15-14(8-13)17(16(19)11-20-15)21-10-12-4-2-1-3-5-12/h1-9H,10-11H2. The van der Waals surface area contributed by atoms with Gasteiger partial charge < -0.3 is 4.74 Å². The predicted octanol–water partition coefficient (Wildman–Crippen LogP) is 2.36. The van der Waals surface area contributed by atoms with Gasteiger partial charge in [0.1, 0.15) is 24.3 Å². The van der Waals surface area contributed by atoms with E-state index in [1.165, 1.54) is 5.06 Å². The number of hydrogen-bond donors (Lipinski definition) is 0. The fourth-order valence-corrected chi connectivity index (χ4v) is 2.08. The Bertz CT molecular complexity index is 669. The summed E-state index contributed by atoms with van der Waals surface area (Å²) in [6.45, 7) is 0.180. The van der Waals surface area contributed by atoms with Crippen LogP contribution in [0.4, 0.5) is 5.69 Å². The number of hydrogen-bond acceptors (Lipinski definition) is 4. The molecule has 0 spiro atoms. The summed E-state index contributed by atoms with van der Waals surface area (Å²) in [6.07, 6.45) is 0.717. The summed E-state index contributed by atoms with van der Waals surface area (Å²) in [7, 11) is 0. The summed E-state index contributed by atoms with van der Waals surface area (Å²) in [5.41, 5.74) is 1.86. The van der Waals surface area contributed by atoms with Crippen LogP contribution in [0, 0.1) is 0 Å². The average Bonchev–Trinajstić information content (AvgIpc) is 2.54. The van der Waals surface area contributed by atoms with Gasteiger partial charge in [0.15, 0.2) is 6.61 Å². The Morgan fingerprint density at radius 1 is 1.19 bits per heavy atom. The molecule has 106 valence electrons. The zero-order valence-corrected chi connectivity index (χ0v) is 11.2. The van der Waals surface area contributed by atoms with Crippen molar-refractivity contribution in [1.29, 1.82) is 0 Å². The van der Waals surface area contributed by atoms with E-state index >= 15 is 0 Å². The molecule has 0 N–H and O–H groups in total. The van der Waals surface area contributed by atoms with Crippen LogP contribution in [0.25, 0.3) is 0 Å². The average molecular weight is 283 g/mol. The van der Waals surface area contributed by atoms with E-state index in [1.54, 1.807) is 18.2 Å². The summed E-state index contributed by atoms with van der Waals surface area (Å²) < 4.78 is 5.33. The summed E-state index contributed by atoms with van der Waals surface area (Å²) >= 11 is 0. The molecule has 5 nitrogen and oxygen atoms in total. The molecular formula is C16H13NO4. The monoisotopic (exact) mass is 283 g/mol. The van der Waals surface area contributed by atoms with Crippen molar-refractivity contribution in [3.8, 4) is 5.75 Å². The molecule has 0 saturated heterocycles. The van der Waals surface area contributed by atoms with Crippen LogP contribution >= 0.6 is 0 Å². The third-order valence-corrected chi connectivity index (χ3v) is 3.12. The number of hydroxylamine groups is 1. The van der Waals surface area contributed by atoms with Gasteiger partial charge in [-0.1, -0.05) is 30.3 Å². The molecule has 2 aromatic carbocycles. The van der Waals surface area contributed by atoms with E-state index < -0.39 is 0 Å². The predicted molar refractivity (Wildman–Crippen MR) is 76.0 cm³/mol. The third kappa shape index (κ3) is 2.78. The molecule has 0 aliphatic carbocycles. The third-order valence-electron chi connectivity index (χ3n) is 3.12. The topological polar surface area (TPSA) is 55.8 Å². The number of ether oxygens (including phenoxy) is 1. The minimum absolute atomic E-state index is 0.0811. The van der Waals surface area contributed by atoms with E-state index in [-0.39, 0.29) is 19.1 Å². The van der Waals surface area contributed by atoms with Crippen molar-refractivity contribution in [1.82, 2.24) is 0 Å². The zero-order valence-electron chi connectivity index (χ0n) is 11.2. The number of carbonyl (C=O) groups is 2. The first-order valence-electron chi connectivity index (χ1n) is 6.50. The highest BCUT2D eigenvalue weighted by atomic mass is 16.7. The normalized spacial score (nSPS) is 13.5. The Balaban J connectivity index is 1.84. The summed E-state index contributed by atoms with van der Waals surface area (Å²) in [4.78, 5) is 28.4. The van der Waals surface area contributed by atoms with E-state index in [1.807, 2.05) is 30.3 Å². The molecule has 0 saturated carbocycles. The van der Waals surface area contributed by atoms with Crippen LogP contribution in [0.1, 0.15) is 15.9 Å². The first-order chi connectivity index (χ1) is 10.3. The van der Waals surface area contributed by atoms with Crippen molar-refractivity contribution in [3.05, 3.63) is 59.7 Å². The molecule has 3 rings (SSSR count). The largest absolute Gasteiger partial charge is 0.481 e. The highest BCUT2D eigenvalue weighted by Gasteiger charge is 2.27. The molecule has 1 aliphatic heterocycles. The van der Waals surface area contributed by atoms with E-state index in [0.717, 1.165) is 11.8 Å². The lowest BCUT2D eigenvalue weighted by Gasteiger charge is -2.28. The molecule has 0 atom stereocenters. The van der Waals surface area contributed by atoms with Gasteiger partial charge in [-0.25, -0.2) is 0 Å². The maximum atomic E-state index is 12.0. The van der Waals surface area contributed by atoms with E-state index in [2.05, 4.69) is 0 Å². The second kappa shape index (κ2) is 5.76. The summed E-state index contributed by atoms with van der Waals surface area (Å²) in [5.74, 6) is 0.217. The number of anilines is 1. The number of nitrogens with zero attached hydrogens (tertiary/aromatic N) is 1. The Morgan fingerprint density at radius 2 is 2.00 bits per heavy atom. The van der Waals surface area contributed by atoms with Crippen molar-refractivity contribution in [2.45, 2.75) is 6.61 Å². The number of benzene rings is 2. The molecule has 21 heavy (non-hydrogen) atoms. The van der Waals surface area contributed by atoms with Gasteiger partial charge in [0.2, 0.25) is 0 Å². The second-order valence-electron chi connectivity index (χ2n) is 4.58. The van der Waals surface area contributed by atoms with Crippen LogP contribution < -0.4 is 9.80 Å². The molecule has 0 bridgehead atoms. The number of amides is 1. The van der Waals surface area contributed by atoms with Crippen LogP contribution in [0.5, 0.6) is 5.75 Å². The maximum Gasteiger partial charge on any atom is 0.288 e. The van der Waals surface area contributed by atoms with Crippen LogP contribution in [-0.2, 0) is 16.2 Å². The fourth-order valence-electron chi connectivity index (χ4n) is 2.08. The Kier molecular flexibility index (Phi) is 3.66. The Labute approximate surface area is 121 Å². The number of aldehydes is 1. The molecule has 1 heterocycles. The van der Waals surface area contributed by atoms with Gasteiger partial charge in [0.25, 0.3) is 5.91 Å². The number of rotatable bonds is 4. The quantitative estimate of drug-likeness (QED) is 0.808. The smallest absolute Gasteiger partial charge is 0.288 e. The van der Waals surface area contributed by atoms with Crippen LogP contribution in [-0.4, -0.2) is 18.8 Å². The van der Waals surface area contributed by atoms with Gasteiger partial charge in [0, 0.05) is 5.56 Å². The van der Waals surface area contributed by atoms with Gasteiger partial charge in [-0.2, -0.15) is 5.06 Å². The molecule has 0 radical (unpaired) electrons. The molecule has 5 heteroatoms. The number of carbonyl (C=O) groups excluding carboxylic acids is 2. The van der Waals surface area contributed by atoms with Crippen molar-refractivity contribution >= 4 is 17.9 Å². The van der Waals surface area contributed by atoms with Gasteiger partial charge >= 0.3 is 0 Å². The van der Waals surface area contributed by atoms with E-state index in [4.69, 9.17) is 9.57 Å². The van der Waals surface area contributed by atoms with Gasteiger partial charge in [0.05, 0.1) is 0 Å². The molecular weight excluding hydrogens is 270 g/mol. The number of fused-ring (bicyclic) bond motifs is 1. The lowest BCUT2D eigenvalue weighted by Crippen LogP contribution is -2.38. The minimum atomic E-state index is -0.304. The molecule has 1 aliphatic rings. The Morgan fingerprint density at radius 3 is 2.76 bits per heavy atom. The zero-order chi connectivity index (χ0) is 14.7. The lowest BCUT2D eigenvalue weighted by atomic mass is 10.2. The van der Waals surface area contributed by atoms with Crippen molar-refractivity contribution in [3.63, 3.8) is 0 Å². The van der Waals surface area contributed by atoms with Gasteiger partial charge in [-0.3, -0.25) is 14.4 Å². The molecule has 0 fully saturated rings. The van der Waals surface area contributed by atoms with Crippen molar-refractivity contribution < 1.29 is 19.2 Å². The van der Waals surface area contributed by atoms with Crippen molar-refractivity contribution in [2.24, 2.45) is 0 Å². The highest BCUT2D eigenvalue weighted by Crippen LogP contribution is 2.33. The molecule has 2 aromatic rings. The fraction of sp³-hybridized carbons (Fsp3) is 0.125. The van der Waals surface area contributed by atoms with Gasteiger partial charge in [-0.15, -0.1) is 0 Å². The van der Waals surface area contributed by atoms with Crippen molar-refractivity contribution in [2.75, 3.05) is 11.7 Å². The van der Waals surface area contributed by atoms with E-state index in [9.17, 15) is 9.59 Å². The SMILES string of the molecule is O=Cc1ccc2c(c1)N(OCc1ccccc1)C(=O)CO2. The first kappa shape index (κ1) is 13.3. The first-order valence-corrected chi connectivity index (χ1v) is 6.50. The highest BCUT2D eigenvalue weighted by molar-refractivity contribution is 5.97. The summed E-state index contributed by atoms with van der Waals surface area (Å²) in [6, 6.07) is 14.4. The van der Waals surface area contributed by atoms with Gasteiger partial charge in [-0.05, 0) is 23.8 Å². The van der Waals surface area contributed by atoms with Crippen LogP contribution in [0.3, 0.4) is 0 Å². The second-order valence-corrected chi connectivity index (χ2v) is 4.58. The molecule has 0 unspecified atom stereocenters. The maximum absolute atomic E-state index is 12.0. The minimum Gasteiger partial charge on any atom is -0.481 e. The van der Waals surface area contributed by atoms with E-state index in [0.29, 0.717) is 17.0 Å². The molecule has 0 aromatic heterocycles.